The molecule has 0 aliphatic heterocycles. The van der Waals surface area contributed by atoms with Crippen LogP contribution in [0.3, 0.4) is 0 Å². The molecule has 0 radical (unpaired) electrons. The van der Waals surface area contributed by atoms with Crippen molar-refractivity contribution in [3.05, 3.63) is 38.3 Å². The van der Waals surface area contributed by atoms with Gasteiger partial charge in [0.2, 0.25) is 0 Å². The number of rotatable bonds is 8. The van der Waals surface area contributed by atoms with Gasteiger partial charge in [0.15, 0.2) is 0 Å². The lowest BCUT2D eigenvalue weighted by molar-refractivity contribution is -0.385. The summed E-state index contributed by atoms with van der Waals surface area (Å²) in [4.78, 5) is 12.7. The molecular weight excluding hydrogens is 312 g/mol. The standard InChI is InChI=1S/C13H19BrN2O3/c1-15(7-3-2-4-8-17)10-11-5-6-12(14)9-13(11)16(18)19/h5-6,9,17H,2-4,7-8,10H2,1H3. The number of halogens is 1. The van der Waals surface area contributed by atoms with E-state index in [0.29, 0.717) is 11.0 Å². The first-order chi connectivity index (χ1) is 9.04. The van der Waals surface area contributed by atoms with Crippen LogP contribution >= 0.6 is 15.9 Å². The molecule has 0 aromatic heterocycles. The number of nitrogens with zero attached hydrogens (tertiary/aromatic N) is 2. The predicted molar refractivity (Wildman–Crippen MR) is 78.1 cm³/mol. The highest BCUT2D eigenvalue weighted by molar-refractivity contribution is 9.10. The Bertz CT molecular complexity index is 426. The van der Waals surface area contributed by atoms with Crippen molar-refractivity contribution in [2.75, 3.05) is 20.2 Å². The van der Waals surface area contributed by atoms with E-state index < -0.39 is 0 Å². The lowest BCUT2D eigenvalue weighted by atomic mass is 10.1. The van der Waals surface area contributed by atoms with Gasteiger partial charge >= 0.3 is 0 Å². The molecule has 1 rings (SSSR count). The Labute approximate surface area is 121 Å². The molecule has 19 heavy (non-hydrogen) atoms. The zero-order chi connectivity index (χ0) is 14.3. The number of aliphatic hydroxyl groups is 1. The third kappa shape index (κ3) is 5.67. The van der Waals surface area contributed by atoms with Gasteiger partial charge in [0.25, 0.3) is 5.69 Å². The van der Waals surface area contributed by atoms with E-state index in [9.17, 15) is 10.1 Å². The van der Waals surface area contributed by atoms with E-state index in [0.717, 1.165) is 31.4 Å². The summed E-state index contributed by atoms with van der Waals surface area (Å²) in [6.45, 7) is 1.65. The second kappa shape index (κ2) is 8.24. The number of hydrogen-bond acceptors (Lipinski definition) is 4. The molecule has 1 aromatic rings. The average Bonchev–Trinajstić information content (AvgIpc) is 2.36. The van der Waals surface area contributed by atoms with Crippen molar-refractivity contribution in [1.82, 2.24) is 4.90 Å². The summed E-state index contributed by atoms with van der Waals surface area (Å²) in [5.74, 6) is 0. The lowest BCUT2D eigenvalue weighted by Crippen LogP contribution is -2.19. The highest BCUT2D eigenvalue weighted by Crippen LogP contribution is 2.24. The number of hydrogen-bond donors (Lipinski definition) is 1. The van der Waals surface area contributed by atoms with E-state index >= 15 is 0 Å². The molecule has 0 amide bonds. The maximum atomic E-state index is 11.0. The van der Waals surface area contributed by atoms with Crippen LogP contribution < -0.4 is 0 Å². The molecule has 6 heteroatoms. The monoisotopic (exact) mass is 330 g/mol. The zero-order valence-corrected chi connectivity index (χ0v) is 12.6. The minimum absolute atomic E-state index is 0.150. The molecule has 5 nitrogen and oxygen atoms in total. The van der Waals surface area contributed by atoms with Gasteiger partial charge in [-0.3, -0.25) is 10.1 Å². The van der Waals surface area contributed by atoms with Crippen molar-refractivity contribution < 1.29 is 10.0 Å². The fourth-order valence-corrected chi connectivity index (χ4v) is 2.23. The molecule has 0 saturated heterocycles. The molecule has 0 atom stereocenters. The van der Waals surface area contributed by atoms with Gasteiger partial charge in [0.1, 0.15) is 0 Å². The third-order valence-electron chi connectivity index (χ3n) is 2.88. The molecule has 0 saturated carbocycles. The van der Waals surface area contributed by atoms with Crippen LogP contribution in [0.4, 0.5) is 5.69 Å². The van der Waals surface area contributed by atoms with Crippen molar-refractivity contribution in [2.45, 2.75) is 25.8 Å². The Morgan fingerprint density at radius 3 is 2.74 bits per heavy atom. The summed E-state index contributed by atoms with van der Waals surface area (Å²) < 4.78 is 0.716. The Morgan fingerprint density at radius 2 is 2.11 bits per heavy atom. The highest BCUT2D eigenvalue weighted by atomic mass is 79.9. The van der Waals surface area contributed by atoms with Crippen LogP contribution in [-0.4, -0.2) is 35.1 Å². The van der Waals surface area contributed by atoms with Crippen LogP contribution in [0.5, 0.6) is 0 Å². The molecule has 0 fully saturated rings. The number of nitro groups is 1. The molecule has 0 unspecified atom stereocenters. The van der Waals surface area contributed by atoms with Crippen LogP contribution in [0.1, 0.15) is 24.8 Å². The maximum Gasteiger partial charge on any atom is 0.275 e. The number of aliphatic hydroxyl groups excluding tert-OH is 1. The molecule has 0 spiro atoms. The molecule has 1 aromatic carbocycles. The van der Waals surface area contributed by atoms with Crippen molar-refractivity contribution in [3.8, 4) is 0 Å². The average molecular weight is 331 g/mol. The van der Waals surface area contributed by atoms with E-state index in [1.54, 1.807) is 6.07 Å². The quantitative estimate of drug-likeness (QED) is 0.452. The van der Waals surface area contributed by atoms with E-state index in [2.05, 4.69) is 20.8 Å². The molecule has 0 bridgehead atoms. The van der Waals surface area contributed by atoms with Crippen LogP contribution in [0.25, 0.3) is 0 Å². The predicted octanol–water partition coefficient (Wildman–Crippen LogP) is 2.95. The fraction of sp³-hybridized carbons (Fsp3) is 0.538. The molecule has 0 aliphatic rings. The Kier molecular flexibility index (Phi) is 6.97. The largest absolute Gasteiger partial charge is 0.396 e. The molecule has 0 aliphatic carbocycles. The van der Waals surface area contributed by atoms with Gasteiger partial charge in [-0.25, -0.2) is 0 Å². The SMILES string of the molecule is CN(CCCCCO)Cc1ccc(Br)cc1[N+](=O)[O-]. The van der Waals surface area contributed by atoms with Crippen molar-refractivity contribution in [3.63, 3.8) is 0 Å². The summed E-state index contributed by atoms with van der Waals surface area (Å²) in [6, 6.07) is 5.14. The maximum absolute atomic E-state index is 11.0. The summed E-state index contributed by atoms with van der Waals surface area (Å²) >= 11 is 3.25. The first-order valence-electron chi connectivity index (χ1n) is 6.27. The van der Waals surface area contributed by atoms with Gasteiger partial charge < -0.3 is 10.0 Å². The van der Waals surface area contributed by atoms with Gasteiger partial charge in [0, 0.05) is 29.3 Å². The molecule has 0 heterocycles. The van der Waals surface area contributed by atoms with E-state index in [1.165, 1.54) is 6.07 Å². The lowest BCUT2D eigenvalue weighted by Gasteiger charge is -2.16. The van der Waals surface area contributed by atoms with Gasteiger partial charge in [-0.05, 0) is 45.0 Å². The Morgan fingerprint density at radius 1 is 1.37 bits per heavy atom. The minimum Gasteiger partial charge on any atom is -0.396 e. The van der Waals surface area contributed by atoms with E-state index in [1.807, 2.05) is 13.1 Å². The summed E-state index contributed by atoms with van der Waals surface area (Å²) in [6.07, 6.45) is 2.77. The summed E-state index contributed by atoms with van der Waals surface area (Å²) in [5, 5.41) is 19.7. The van der Waals surface area contributed by atoms with Crippen LogP contribution in [0, 0.1) is 10.1 Å². The van der Waals surface area contributed by atoms with Gasteiger partial charge in [-0.15, -0.1) is 0 Å². The van der Waals surface area contributed by atoms with Gasteiger partial charge in [0.05, 0.1) is 4.92 Å². The number of unbranched alkanes of at least 4 members (excludes halogenated alkanes) is 2. The van der Waals surface area contributed by atoms with E-state index in [-0.39, 0.29) is 17.2 Å². The topological polar surface area (TPSA) is 66.6 Å². The molecular formula is C13H19BrN2O3. The first-order valence-corrected chi connectivity index (χ1v) is 7.06. The first kappa shape index (κ1) is 16.1. The van der Waals surface area contributed by atoms with Crippen molar-refractivity contribution >= 4 is 21.6 Å². The number of nitro benzene ring substituents is 1. The summed E-state index contributed by atoms with van der Waals surface area (Å²) in [5.41, 5.74) is 0.870. The van der Waals surface area contributed by atoms with Crippen LogP contribution in [-0.2, 0) is 6.54 Å². The minimum atomic E-state index is -0.348. The van der Waals surface area contributed by atoms with Crippen molar-refractivity contribution in [2.24, 2.45) is 0 Å². The van der Waals surface area contributed by atoms with Crippen LogP contribution in [0.15, 0.2) is 22.7 Å². The molecule has 106 valence electrons. The normalized spacial score (nSPS) is 10.9. The van der Waals surface area contributed by atoms with Crippen molar-refractivity contribution in [1.29, 1.82) is 0 Å². The smallest absolute Gasteiger partial charge is 0.275 e. The summed E-state index contributed by atoms with van der Waals surface area (Å²) in [7, 11) is 1.95. The Hall–Kier alpha value is -0.980. The van der Waals surface area contributed by atoms with Gasteiger partial charge in [-0.2, -0.15) is 0 Å². The number of benzene rings is 1. The van der Waals surface area contributed by atoms with Crippen LogP contribution in [0.2, 0.25) is 0 Å². The van der Waals surface area contributed by atoms with Gasteiger partial charge in [-0.1, -0.05) is 15.9 Å². The zero-order valence-electron chi connectivity index (χ0n) is 11.0. The second-order valence-electron chi connectivity index (χ2n) is 4.55. The molecule has 1 N–H and O–H groups in total. The third-order valence-corrected chi connectivity index (χ3v) is 3.38. The van der Waals surface area contributed by atoms with E-state index in [4.69, 9.17) is 5.11 Å². The second-order valence-corrected chi connectivity index (χ2v) is 5.47. The Balaban J connectivity index is 2.58. The fourth-order valence-electron chi connectivity index (χ4n) is 1.88. The highest BCUT2D eigenvalue weighted by Gasteiger charge is 2.15.